The van der Waals surface area contributed by atoms with E-state index in [1.54, 1.807) is 14.2 Å². The molecule has 0 aliphatic carbocycles. The van der Waals surface area contributed by atoms with Crippen LogP contribution in [0.3, 0.4) is 0 Å². The fourth-order valence-corrected chi connectivity index (χ4v) is 9.49. The van der Waals surface area contributed by atoms with Gasteiger partial charge in [-0.15, -0.1) is 23.5 Å². The molecular formula is C48H44N2O2S2. The lowest BCUT2D eigenvalue weighted by Gasteiger charge is -2.17. The van der Waals surface area contributed by atoms with Crippen molar-refractivity contribution in [3.8, 4) is 11.5 Å². The Morgan fingerprint density at radius 1 is 0.500 bits per heavy atom. The summed E-state index contributed by atoms with van der Waals surface area (Å²) in [6.45, 7) is 4.28. The third kappa shape index (κ3) is 8.20. The second-order valence-electron chi connectivity index (χ2n) is 14.1. The highest BCUT2D eigenvalue weighted by atomic mass is 32.2. The normalized spacial score (nSPS) is 16.6. The number of fused-ring (bicyclic) bond motifs is 2. The first-order valence-corrected chi connectivity index (χ1v) is 20.3. The van der Waals surface area contributed by atoms with Crippen molar-refractivity contribution in [2.75, 3.05) is 14.2 Å². The molecule has 0 amide bonds. The average Bonchev–Trinajstić information content (AvgIpc) is 3.53. The molecule has 0 spiro atoms. The van der Waals surface area contributed by atoms with Crippen molar-refractivity contribution in [3.05, 3.63) is 178 Å². The van der Waals surface area contributed by atoms with Crippen LogP contribution < -0.4 is 9.47 Å². The molecule has 6 aromatic rings. The van der Waals surface area contributed by atoms with E-state index in [1.165, 1.54) is 54.3 Å². The first-order valence-electron chi connectivity index (χ1n) is 18.6. The van der Waals surface area contributed by atoms with Crippen LogP contribution in [-0.4, -0.2) is 25.6 Å². The average molecular weight is 745 g/mol. The van der Waals surface area contributed by atoms with Crippen molar-refractivity contribution in [2.45, 2.75) is 59.8 Å². The van der Waals surface area contributed by atoms with Gasteiger partial charge in [0, 0.05) is 56.7 Å². The third-order valence-electron chi connectivity index (χ3n) is 10.3. The number of methoxy groups -OCH3 is 2. The zero-order chi connectivity index (χ0) is 37.0. The fourth-order valence-electron chi connectivity index (χ4n) is 7.06. The topological polar surface area (TPSA) is 43.2 Å². The fraction of sp³-hybridized carbons (Fsp3) is 0.208. The van der Waals surface area contributed by atoms with Crippen molar-refractivity contribution < 1.29 is 9.47 Å². The van der Waals surface area contributed by atoms with Crippen LogP contribution in [0.2, 0.25) is 0 Å². The Bertz CT molecular complexity index is 2150. The van der Waals surface area contributed by atoms with Gasteiger partial charge in [-0.05, 0) is 84.3 Å². The summed E-state index contributed by atoms with van der Waals surface area (Å²) in [6.07, 6.45) is 3.64. The summed E-state index contributed by atoms with van der Waals surface area (Å²) in [5.41, 5.74) is 14.3. The van der Waals surface area contributed by atoms with E-state index in [2.05, 4.69) is 135 Å². The molecule has 0 radical (unpaired) electrons. The lowest BCUT2D eigenvalue weighted by atomic mass is 9.97. The highest BCUT2D eigenvalue weighted by Gasteiger charge is 2.25. The van der Waals surface area contributed by atoms with Gasteiger partial charge in [0.05, 0.1) is 25.6 Å². The summed E-state index contributed by atoms with van der Waals surface area (Å²) in [6, 6.07) is 48.4. The van der Waals surface area contributed by atoms with E-state index < -0.39 is 0 Å². The number of aryl methyl sites for hydroxylation is 4. The number of ether oxygens (including phenoxy) is 2. The van der Waals surface area contributed by atoms with Gasteiger partial charge < -0.3 is 9.47 Å². The number of benzene rings is 6. The summed E-state index contributed by atoms with van der Waals surface area (Å²) in [7, 11) is 3.42. The van der Waals surface area contributed by atoms with Gasteiger partial charge in [-0.2, -0.15) is 0 Å². The molecule has 8 rings (SSSR count). The lowest BCUT2D eigenvalue weighted by Crippen LogP contribution is -2.06. The Labute approximate surface area is 327 Å². The Kier molecular flexibility index (Phi) is 10.7. The van der Waals surface area contributed by atoms with Crippen molar-refractivity contribution in [3.63, 3.8) is 0 Å². The van der Waals surface area contributed by atoms with Crippen LogP contribution in [-0.2, 0) is 12.8 Å². The molecule has 2 aliphatic heterocycles. The molecule has 0 fully saturated rings. The van der Waals surface area contributed by atoms with Crippen LogP contribution in [0.4, 0.5) is 11.4 Å². The summed E-state index contributed by atoms with van der Waals surface area (Å²) >= 11 is 3.78. The lowest BCUT2D eigenvalue weighted by molar-refractivity contribution is 0.414. The monoisotopic (exact) mass is 744 g/mol. The van der Waals surface area contributed by atoms with Crippen LogP contribution in [0.1, 0.15) is 67.8 Å². The minimum atomic E-state index is 0.274. The molecule has 2 atom stereocenters. The third-order valence-corrected chi connectivity index (χ3v) is 13.0. The Morgan fingerprint density at radius 3 is 1.26 bits per heavy atom. The molecule has 2 aliphatic rings. The quantitative estimate of drug-likeness (QED) is 0.148. The summed E-state index contributed by atoms with van der Waals surface area (Å²) in [5.74, 6) is 1.65. The maximum Gasteiger partial charge on any atom is 0.121 e. The van der Waals surface area contributed by atoms with E-state index in [0.717, 1.165) is 60.0 Å². The highest BCUT2D eigenvalue weighted by molar-refractivity contribution is 8.00. The molecule has 0 saturated heterocycles. The van der Waals surface area contributed by atoms with Gasteiger partial charge in [0.2, 0.25) is 0 Å². The van der Waals surface area contributed by atoms with Crippen LogP contribution in [0.15, 0.2) is 153 Å². The van der Waals surface area contributed by atoms with E-state index in [4.69, 9.17) is 19.5 Å². The molecule has 0 saturated carbocycles. The molecule has 270 valence electrons. The molecule has 6 heteroatoms. The largest absolute Gasteiger partial charge is 0.497 e. The second-order valence-corrected chi connectivity index (χ2v) is 16.6. The molecule has 4 nitrogen and oxygen atoms in total. The standard InChI is InChI=1S/C48H44N2O2S2/c1-31-5-15-37(16-6-31)47-29-41(49-43-27-39(51-3)23-25-45(43)53-47)35-19-11-33(12-20-35)9-10-34-13-21-36(22-14-34)42-30-48(38-17-7-32(2)8-18-38)54-46-26-24-40(52-4)28-44(46)50-42/h5-8,11-28,47-48H,9-10,29-30H2,1-4H3. The van der Waals surface area contributed by atoms with E-state index in [1.807, 2.05) is 35.7 Å². The summed E-state index contributed by atoms with van der Waals surface area (Å²) < 4.78 is 11.1. The van der Waals surface area contributed by atoms with E-state index in [9.17, 15) is 0 Å². The minimum absolute atomic E-state index is 0.274. The number of thioether (sulfide) groups is 2. The van der Waals surface area contributed by atoms with Gasteiger partial charge in [-0.25, -0.2) is 0 Å². The van der Waals surface area contributed by atoms with Crippen molar-refractivity contribution >= 4 is 46.3 Å². The highest BCUT2D eigenvalue weighted by Crippen LogP contribution is 2.48. The number of nitrogens with zero attached hydrogens (tertiary/aromatic N) is 2. The summed E-state index contributed by atoms with van der Waals surface area (Å²) in [4.78, 5) is 12.8. The van der Waals surface area contributed by atoms with Gasteiger partial charge in [0.15, 0.2) is 0 Å². The van der Waals surface area contributed by atoms with Crippen molar-refractivity contribution in [2.24, 2.45) is 9.98 Å². The zero-order valence-electron chi connectivity index (χ0n) is 31.2. The van der Waals surface area contributed by atoms with Gasteiger partial charge in [0.25, 0.3) is 0 Å². The Hall–Kier alpha value is -5.04. The van der Waals surface area contributed by atoms with E-state index in [0.29, 0.717) is 0 Å². The molecule has 0 bridgehead atoms. The molecule has 0 N–H and O–H groups in total. The first-order chi connectivity index (χ1) is 26.4. The van der Waals surface area contributed by atoms with E-state index >= 15 is 0 Å². The predicted molar refractivity (Wildman–Crippen MR) is 227 cm³/mol. The van der Waals surface area contributed by atoms with Crippen LogP contribution in [0.25, 0.3) is 0 Å². The zero-order valence-corrected chi connectivity index (χ0v) is 32.8. The van der Waals surface area contributed by atoms with Crippen LogP contribution in [0.5, 0.6) is 11.5 Å². The van der Waals surface area contributed by atoms with Crippen molar-refractivity contribution in [1.29, 1.82) is 0 Å². The Morgan fingerprint density at radius 2 is 0.889 bits per heavy atom. The maximum absolute atomic E-state index is 5.56. The number of hydrogen-bond acceptors (Lipinski definition) is 6. The predicted octanol–water partition coefficient (Wildman–Crippen LogP) is 12.8. The summed E-state index contributed by atoms with van der Waals surface area (Å²) in [5, 5.41) is 0.547. The first kappa shape index (κ1) is 36.0. The molecule has 54 heavy (non-hydrogen) atoms. The molecule has 2 heterocycles. The smallest absolute Gasteiger partial charge is 0.121 e. The molecule has 6 aromatic carbocycles. The van der Waals surface area contributed by atoms with Crippen LogP contribution in [0, 0.1) is 13.8 Å². The van der Waals surface area contributed by atoms with Gasteiger partial charge >= 0.3 is 0 Å². The number of hydrogen-bond donors (Lipinski definition) is 0. The van der Waals surface area contributed by atoms with Crippen molar-refractivity contribution in [1.82, 2.24) is 0 Å². The van der Waals surface area contributed by atoms with Gasteiger partial charge in [0.1, 0.15) is 11.5 Å². The van der Waals surface area contributed by atoms with Gasteiger partial charge in [-0.1, -0.05) is 108 Å². The second kappa shape index (κ2) is 16.1. The van der Waals surface area contributed by atoms with Gasteiger partial charge in [-0.3, -0.25) is 9.98 Å². The van der Waals surface area contributed by atoms with Crippen LogP contribution >= 0.6 is 23.5 Å². The SMILES string of the molecule is COc1ccc2c(c1)N=C(c1ccc(CCc3ccc(C4=Nc5cc(OC)ccc5SC(c5ccc(C)cc5)C4)cc3)cc1)CC(c1ccc(C)cc1)S2. The minimum Gasteiger partial charge on any atom is -0.497 e. The number of rotatable bonds is 9. The number of aliphatic imine (C=N–C) groups is 2. The maximum atomic E-state index is 5.56. The Balaban J connectivity index is 0.987. The molecule has 0 aromatic heterocycles. The molecular weight excluding hydrogens is 701 g/mol. The molecule has 2 unspecified atom stereocenters. The van der Waals surface area contributed by atoms with E-state index in [-0.39, 0.29) is 10.5 Å².